The van der Waals surface area contributed by atoms with Crippen molar-refractivity contribution >= 4 is 5.97 Å². The predicted octanol–water partition coefficient (Wildman–Crippen LogP) is 3.05. The summed E-state index contributed by atoms with van der Waals surface area (Å²) in [4.78, 5) is 11.1. The highest BCUT2D eigenvalue weighted by molar-refractivity contribution is 5.73. The Balaban J connectivity index is 4.00. The van der Waals surface area contributed by atoms with Gasteiger partial charge in [-0.3, -0.25) is 4.79 Å². The number of hydrogen-bond acceptors (Lipinski definition) is 3. The monoisotopic (exact) mass is 273 g/mol. The van der Waals surface area contributed by atoms with E-state index >= 15 is 0 Å². The van der Waals surface area contributed by atoms with Crippen LogP contribution in [0, 0.1) is 11.3 Å². The lowest BCUT2D eigenvalue weighted by Crippen LogP contribution is -2.34. The molecule has 0 spiro atoms. The van der Waals surface area contributed by atoms with Gasteiger partial charge in [-0.05, 0) is 59.8 Å². The van der Waals surface area contributed by atoms with E-state index in [1.54, 1.807) is 13.8 Å². The van der Waals surface area contributed by atoms with E-state index < -0.39 is 11.4 Å². The highest BCUT2D eigenvalue weighted by Crippen LogP contribution is 2.28. The van der Waals surface area contributed by atoms with E-state index in [9.17, 15) is 4.79 Å². The number of rotatable bonds is 9. The molecule has 0 fully saturated rings. The van der Waals surface area contributed by atoms with E-state index in [1.807, 2.05) is 20.8 Å². The molecule has 0 aliphatic heterocycles. The minimum absolute atomic E-state index is 0.141. The van der Waals surface area contributed by atoms with Crippen LogP contribution >= 0.6 is 0 Å². The number of hydrogen-bond donors (Lipinski definition) is 2. The molecular formula is C15H31NO3. The molecule has 19 heavy (non-hydrogen) atoms. The molecule has 0 saturated heterocycles. The Hall–Kier alpha value is -0.610. The van der Waals surface area contributed by atoms with Crippen LogP contribution in [0.15, 0.2) is 0 Å². The molecule has 0 aliphatic carbocycles. The summed E-state index contributed by atoms with van der Waals surface area (Å²) in [6, 6.07) is 0. The standard InChI is InChI=1S/C15H31NO3/c1-11(10-14(3,4)13(17)18)9-12(2)19-8-7-15(5,6)16/h11-12H,7-10,16H2,1-6H3,(H,17,18). The number of carboxylic acid groups (broad SMARTS) is 1. The van der Waals surface area contributed by atoms with Crippen molar-refractivity contribution in [3.63, 3.8) is 0 Å². The fourth-order valence-corrected chi connectivity index (χ4v) is 2.20. The van der Waals surface area contributed by atoms with Gasteiger partial charge in [-0.1, -0.05) is 6.92 Å². The summed E-state index contributed by atoms with van der Waals surface area (Å²) in [6.45, 7) is 12.3. The molecule has 0 heterocycles. The molecule has 0 rings (SSSR count). The molecule has 2 atom stereocenters. The molecule has 0 aliphatic rings. The van der Waals surface area contributed by atoms with Crippen LogP contribution < -0.4 is 5.73 Å². The fourth-order valence-electron chi connectivity index (χ4n) is 2.20. The van der Waals surface area contributed by atoms with Crippen LogP contribution in [0.4, 0.5) is 0 Å². The third-order valence-corrected chi connectivity index (χ3v) is 3.32. The van der Waals surface area contributed by atoms with Crippen molar-refractivity contribution in [2.75, 3.05) is 6.61 Å². The zero-order chi connectivity index (χ0) is 15.3. The van der Waals surface area contributed by atoms with Crippen LogP contribution in [0.2, 0.25) is 0 Å². The summed E-state index contributed by atoms with van der Waals surface area (Å²) in [5, 5.41) is 9.11. The van der Waals surface area contributed by atoms with Crippen molar-refractivity contribution in [3.05, 3.63) is 0 Å². The summed E-state index contributed by atoms with van der Waals surface area (Å²) in [5.41, 5.74) is 5.03. The second-order valence-corrected chi connectivity index (χ2v) is 7.15. The minimum atomic E-state index is -0.738. The topological polar surface area (TPSA) is 72.5 Å². The van der Waals surface area contributed by atoms with Gasteiger partial charge in [-0.15, -0.1) is 0 Å². The van der Waals surface area contributed by atoms with Gasteiger partial charge in [0.1, 0.15) is 0 Å². The second kappa shape index (κ2) is 7.25. The fraction of sp³-hybridized carbons (Fsp3) is 0.933. The molecule has 2 unspecified atom stereocenters. The Labute approximate surface area is 117 Å². The SMILES string of the molecule is CC(CC(C)OCCC(C)(C)N)CC(C)(C)C(=O)O. The number of nitrogens with two attached hydrogens (primary N) is 1. The maximum atomic E-state index is 11.1. The zero-order valence-corrected chi connectivity index (χ0v) is 13.3. The smallest absolute Gasteiger partial charge is 0.309 e. The van der Waals surface area contributed by atoms with Gasteiger partial charge in [0.25, 0.3) is 0 Å². The average Bonchev–Trinajstić information content (AvgIpc) is 2.13. The molecule has 3 N–H and O–H groups in total. The number of carbonyl (C=O) groups is 1. The first-order chi connectivity index (χ1) is 8.44. The molecular weight excluding hydrogens is 242 g/mol. The third-order valence-electron chi connectivity index (χ3n) is 3.32. The molecule has 0 saturated carbocycles. The molecule has 0 amide bonds. The Morgan fingerprint density at radius 3 is 2.21 bits per heavy atom. The third kappa shape index (κ3) is 9.00. The predicted molar refractivity (Wildman–Crippen MR) is 78.1 cm³/mol. The summed E-state index contributed by atoms with van der Waals surface area (Å²) < 4.78 is 5.74. The van der Waals surface area contributed by atoms with Crippen molar-refractivity contribution < 1.29 is 14.6 Å². The van der Waals surface area contributed by atoms with E-state index in [-0.39, 0.29) is 11.6 Å². The molecule has 0 bridgehead atoms. The van der Waals surface area contributed by atoms with Crippen molar-refractivity contribution in [1.82, 2.24) is 0 Å². The highest BCUT2D eigenvalue weighted by atomic mass is 16.5. The minimum Gasteiger partial charge on any atom is -0.481 e. The lowest BCUT2D eigenvalue weighted by molar-refractivity contribution is -0.148. The van der Waals surface area contributed by atoms with Crippen molar-refractivity contribution in [1.29, 1.82) is 0 Å². The molecule has 4 nitrogen and oxygen atoms in total. The van der Waals surface area contributed by atoms with Gasteiger partial charge < -0.3 is 15.6 Å². The Kier molecular flexibility index (Phi) is 7.01. The maximum Gasteiger partial charge on any atom is 0.309 e. The van der Waals surface area contributed by atoms with E-state index in [2.05, 4.69) is 6.92 Å². The van der Waals surface area contributed by atoms with Crippen LogP contribution in [-0.4, -0.2) is 29.3 Å². The first kappa shape index (κ1) is 18.4. The van der Waals surface area contributed by atoms with Crippen molar-refractivity contribution in [2.45, 2.75) is 72.4 Å². The summed E-state index contributed by atoms with van der Waals surface area (Å²) in [7, 11) is 0. The maximum absolute atomic E-state index is 11.1. The summed E-state index contributed by atoms with van der Waals surface area (Å²) >= 11 is 0. The van der Waals surface area contributed by atoms with Gasteiger partial charge in [0, 0.05) is 12.1 Å². The van der Waals surface area contributed by atoms with Gasteiger partial charge in [0.2, 0.25) is 0 Å². The van der Waals surface area contributed by atoms with E-state index in [0.717, 1.165) is 12.8 Å². The van der Waals surface area contributed by atoms with E-state index in [1.165, 1.54) is 0 Å². The van der Waals surface area contributed by atoms with Gasteiger partial charge in [-0.25, -0.2) is 0 Å². The normalized spacial score (nSPS) is 16.2. The molecule has 114 valence electrons. The van der Waals surface area contributed by atoms with E-state index in [4.69, 9.17) is 15.6 Å². The molecule has 0 radical (unpaired) electrons. The van der Waals surface area contributed by atoms with Gasteiger partial charge in [0.15, 0.2) is 0 Å². The van der Waals surface area contributed by atoms with Crippen molar-refractivity contribution in [2.24, 2.45) is 17.1 Å². The van der Waals surface area contributed by atoms with Crippen LogP contribution in [0.1, 0.15) is 60.8 Å². The Bertz CT molecular complexity index is 282. The van der Waals surface area contributed by atoms with Crippen LogP contribution in [0.3, 0.4) is 0 Å². The average molecular weight is 273 g/mol. The number of carboxylic acids is 1. The van der Waals surface area contributed by atoms with E-state index in [0.29, 0.717) is 18.9 Å². The van der Waals surface area contributed by atoms with Gasteiger partial charge >= 0.3 is 5.97 Å². The van der Waals surface area contributed by atoms with Crippen LogP contribution in [0.5, 0.6) is 0 Å². The first-order valence-corrected chi connectivity index (χ1v) is 7.08. The largest absolute Gasteiger partial charge is 0.481 e. The lowest BCUT2D eigenvalue weighted by Gasteiger charge is -2.26. The first-order valence-electron chi connectivity index (χ1n) is 7.08. The lowest BCUT2D eigenvalue weighted by atomic mass is 9.81. The zero-order valence-electron chi connectivity index (χ0n) is 13.3. The molecule has 0 aromatic heterocycles. The van der Waals surface area contributed by atoms with Crippen LogP contribution in [0.25, 0.3) is 0 Å². The van der Waals surface area contributed by atoms with Crippen LogP contribution in [-0.2, 0) is 9.53 Å². The van der Waals surface area contributed by atoms with Gasteiger partial charge in [-0.2, -0.15) is 0 Å². The summed E-state index contributed by atoms with van der Waals surface area (Å²) in [6.07, 6.45) is 2.51. The van der Waals surface area contributed by atoms with Crippen molar-refractivity contribution in [3.8, 4) is 0 Å². The highest BCUT2D eigenvalue weighted by Gasteiger charge is 2.29. The summed E-state index contributed by atoms with van der Waals surface area (Å²) in [5.74, 6) is -0.412. The second-order valence-electron chi connectivity index (χ2n) is 7.15. The molecule has 0 aromatic rings. The number of ether oxygens (including phenoxy) is 1. The Morgan fingerprint density at radius 1 is 1.26 bits per heavy atom. The quantitative estimate of drug-likeness (QED) is 0.677. The number of aliphatic carboxylic acids is 1. The molecule has 0 aromatic carbocycles. The van der Waals surface area contributed by atoms with Gasteiger partial charge in [0.05, 0.1) is 11.5 Å². The molecule has 4 heteroatoms. The Morgan fingerprint density at radius 2 is 1.79 bits per heavy atom.